The molecule has 0 fully saturated rings. The summed E-state index contributed by atoms with van der Waals surface area (Å²) in [6, 6.07) is 51.8. The molecular weight excluding hydrogens is 817 g/mol. The number of hydrogen-bond acceptors (Lipinski definition) is 1. The molecule has 0 radical (unpaired) electrons. The van der Waals surface area contributed by atoms with E-state index in [0.29, 0.717) is 0 Å². The average Bonchev–Trinajstić information content (AvgIpc) is 3.08. The Labute approximate surface area is 310 Å². The maximum Gasteiger partial charge on any atom is 0.0502 e. The minimum absolute atomic E-state index is 0.000942. The molecule has 0 spiro atoms. The van der Waals surface area contributed by atoms with Gasteiger partial charge in [0.05, 0.1) is 11.4 Å². The summed E-state index contributed by atoms with van der Waals surface area (Å²) in [6.07, 6.45) is 1.08. The topological polar surface area (TPSA) is 3.24 Å². The van der Waals surface area contributed by atoms with Gasteiger partial charge in [-0.1, -0.05) is 144 Å². The van der Waals surface area contributed by atoms with Gasteiger partial charge in [0, 0.05) is 29.0 Å². The first-order chi connectivity index (χ1) is 22.6. The second-order valence-corrected chi connectivity index (χ2v) is 16.1. The standard InChI is InChI=1S/C21H18BrN.C16H16.C6H4BrI/c1-21(2)17-7-3-5-9-19(17)23(16-13-11-15(22)12-14-16)20-10-6-4-8-18(20)21;1-16(2)14-9-5-3-7-12(14)11-13-8-4-6-10-15(13)16;7-5-1-3-6(8)4-2-5/h3-14H,1-2H3;3-10H,11H2,1-2H3;1-4H. The van der Waals surface area contributed by atoms with Crippen LogP contribution in [0.1, 0.15) is 61.1 Å². The number of para-hydroxylation sites is 2. The van der Waals surface area contributed by atoms with Crippen LogP contribution < -0.4 is 4.90 Å². The van der Waals surface area contributed by atoms with E-state index >= 15 is 0 Å². The van der Waals surface area contributed by atoms with Crippen LogP contribution in [-0.2, 0) is 17.3 Å². The maximum absolute atomic E-state index is 3.53. The fourth-order valence-corrected chi connectivity index (χ4v) is 7.77. The van der Waals surface area contributed by atoms with Gasteiger partial charge in [0.1, 0.15) is 0 Å². The van der Waals surface area contributed by atoms with E-state index < -0.39 is 0 Å². The monoisotopic (exact) mass is 853 g/mol. The average molecular weight is 855 g/mol. The van der Waals surface area contributed by atoms with Gasteiger partial charge in [0.15, 0.2) is 0 Å². The van der Waals surface area contributed by atoms with E-state index in [4.69, 9.17) is 0 Å². The molecule has 6 aromatic carbocycles. The third-order valence-electron chi connectivity index (χ3n) is 9.29. The molecule has 1 aliphatic heterocycles. The largest absolute Gasteiger partial charge is 0.310 e. The summed E-state index contributed by atoms with van der Waals surface area (Å²) in [5.74, 6) is 0. The molecule has 8 rings (SSSR count). The quantitative estimate of drug-likeness (QED) is 0.149. The summed E-state index contributed by atoms with van der Waals surface area (Å²) >= 11 is 9.15. The van der Waals surface area contributed by atoms with Crippen LogP contribution >= 0.6 is 54.5 Å². The minimum Gasteiger partial charge on any atom is -0.310 e. The molecular formula is C43H38Br2IN. The fourth-order valence-electron chi connectivity index (χ4n) is 6.89. The highest BCUT2D eigenvalue weighted by Gasteiger charge is 2.36. The van der Waals surface area contributed by atoms with Crippen LogP contribution in [0.3, 0.4) is 0 Å². The minimum atomic E-state index is -0.000942. The molecule has 0 saturated heterocycles. The molecule has 0 bridgehead atoms. The van der Waals surface area contributed by atoms with Crippen molar-refractivity contribution >= 4 is 71.5 Å². The molecule has 0 saturated carbocycles. The molecule has 236 valence electrons. The Morgan fingerprint density at radius 3 is 1.28 bits per heavy atom. The van der Waals surface area contributed by atoms with Crippen LogP contribution in [-0.4, -0.2) is 0 Å². The van der Waals surface area contributed by atoms with Gasteiger partial charge in [0.2, 0.25) is 0 Å². The zero-order valence-electron chi connectivity index (χ0n) is 27.1. The summed E-state index contributed by atoms with van der Waals surface area (Å²) in [6.45, 7) is 9.26. The van der Waals surface area contributed by atoms with Crippen LogP contribution in [0.15, 0.2) is 155 Å². The number of rotatable bonds is 1. The number of nitrogens with zero attached hydrogens (tertiary/aromatic N) is 1. The molecule has 2 aliphatic rings. The Bertz CT molecular complexity index is 1880. The highest BCUT2D eigenvalue weighted by Crippen LogP contribution is 2.51. The smallest absolute Gasteiger partial charge is 0.0502 e. The molecule has 47 heavy (non-hydrogen) atoms. The molecule has 1 nitrogen and oxygen atoms in total. The summed E-state index contributed by atoms with van der Waals surface area (Å²) in [4.78, 5) is 2.36. The molecule has 0 atom stereocenters. The molecule has 1 heterocycles. The van der Waals surface area contributed by atoms with E-state index in [0.717, 1.165) is 15.4 Å². The summed E-state index contributed by atoms with van der Waals surface area (Å²) in [5, 5.41) is 0. The second-order valence-electron chi connectivity index (χ2n) is 13.0. The molecule has 0 amide bonds. The first-order valence-corrected chi connectivity index (χ1v) is 18.6. The molecule has 0 N–H and O–H groups in total. The Morgan fingerprint density at radius 2 is 0.830 bits per heavy atom. The number of hydrogen-bond donors (Lipinski definition) is 0. The number of fused-ring (bicyclic) bond motifs is 4. The van der Waals surface area contributed by atoms with Gasteiger partial charge >= 0.3 is 0 Å². The normalized spacial score (nSPS) is 14.5. The SMILES string of the molecule is Brc1ccc(I)cc1.CC1(C)c2ccccc2Cc2ccccc21.CC1(C)c2ccccc2N(c2ccc(Br)cc2)c2ccccc21. The third kappa shape index (κ3) is 7.02. The first kappa shape index (κ1) is 33.7. The molecule has 0 unspecified atom stereocenters. The van der Waals surface area contributed by atoms with Crippen molar-refractivity contribution in [3.05, 3.63) is 191 Å². The van der Waals surface area contributed by atoms with E-state index in [9.17, 15) is 0 Å². The van der Waals surface area contributed by atoms with Crippen molar-refractivity contribution in [1.82, 2.24) is 0 Å². The predicted molar refractivity (Wildman–Crippen MR) is 216 cm³/mol. The summed E-state index contributed by atoms with van der Waals surface area (Å²) < 4.78 is 3.50. The van der Waals surface area contributed by atoms with Gasteiger partial charge in [-0.25, -0.2) is 0 Å². The van der Waals surface area contributed by atoms with Crippen molar-refractivity contribution in [2.75, 3.05) is 4.90 Å². The molecule has 6 aromatic rings. The number of benzene rings is 6. The van der Waals surface area contributed by atoms with Crippen molar-refractivity contribution in [1.29, 1.82) is 0 Å². The Hall–Kier alpha value is -3.19. The van der Waals surface area contributed by atoms with Crippen LogP contribution in [0.2, 0.25) is 0 Å². The molecule has 1 aliphatic carbocycles. The lowest BCUT2D eigenvalue weighted by Crippen LogP contribution is -2.30. The summed E-state index contributed by atoms with van der Waals surface area (Å²) in [7, 11) is 0. The maximum atomic E-state index is 3.53. The van der Waals surface area contributed by atoms with Crippen LogP contribution in [0.5, 0.6) is 0 Å². The zero-order valence-corrected chi connectivity index (χ0v) is 32.5. The van der Waals surface area contributed by atoms with Crippen LogP contribution in [0, 0.1) is 3.57 Å². The van der Waals surface area contributed by atoms with E-state index in [1.165, 1.54) is 54.0 Å². The van der Waals surface area contributed by atoms with Gasteiger partial charge in [-0.15, -0.1) is 0 Å². The highest BCUT2D eigenvalue weighted by molar-refractivity contribution is 14.1. The van der Waals surface area contributed by atoms with Gasteiger partial charge in [-0.3, -0.25) is 0 Å². The lowest BCUT2D eigenvalue weighted by atomic mass is 9.69. The van der Waals surface area contributed by atoms with Crippen molar-refractivity contribution in [2.24, 2.45) is 0 Å². The third-order valence-corrected chi connectivity index (χ3v) is 11.1. The van der Waals surface area contributed by atoms with E-state index in [2.05, 4.69) is 221 Å². The van der Waals surface area contributed by atoms with Crippen LogP contribution in [0.25, 0.3) is 0 Å². The van der Waals surface area contributed by atoms with Crippen molar-refractivity contribution in [3.8, 4) is 0 Å². The Morgan fingerprint density at radius 1 is 0.468 bits per heavy atom. The van der Waals surface area contributed by atoms with Gasteiger partial charge in [-0.05, 0) is 123 Å². The van der Waals surface area contributed by atoms with Crippen LogP contribution in [0.4, 0.5) is 17.1 Å². The Balaban J connectivity index is 0.000000139. The lowest BCUT2D eigenvalue weighted by Gasteiger charge is -2.42. The summed E-state index contributed by atoms with van der Waals surface area (Å²) in [5.41, 5.74) is 12.5. The van der Waals surface area contributed by atoms with Gasteiger partial charge in [-0.2, -0.15) is 0 Å². The van der Waals surface area contributed by atoms with E-state index in [-0.39, 0.29) is 10.8 Å². The van der Waals surface area contributed by atoms with Crippen molar-refractivity contribution < 1.29 is 0 Å². The van der Waals surface area contributed by atoms with Gasteiger partial charge < -0.3 is 4.90 Å². The second kappa shape index (κ2) is 14.1. The van der Waals surface area contributed by atoms with E-state index in [1.807, 2.05) is 12.1 Å². The van der Waals surface area contributed by atoms with Crippen molar-refractivity contribution in [2.45, 2.75) is 44.9 Å². The molecule has 0 aromatic heterocycles. The molecule has 4 heteroatoms. The number of halogens is 3. The van der Waals surface area contributed by atoms with Crippen molar-refractivity contribution in [3.63, 3.8) is 0 Å². The van der Waals surface area contributed by atoms with Gasteiger partial charge in [0.25, 0.3) is 0 Å². The Kier molecular flexibility index (Phi) is 10.1. The lowest BCUT2D eigenvalue weighted by molar-refractivity contribution is 0.610. The predicted octanol–water partition coefficient (Wildman–Crippen LogP) is 13.5. The zero-order chi connectivity index (χ0) is 33.2. The number of anilines is 3. The first-order valence-electron chi connectivity index (χ1n) is 15.9. The van der Waals surface area contributed by atoms with E-state index in [1.54, 1.807) is 0 Å². The fraction of sp³-hybridized carbons (Fsp3) is 0.163. The highest BCUT2D eigenvalue weighted by atomic mass is 127.